The SMILES string of the molecule is Cl.NCC1(CC(=O)Nc2ccccc2OCC(F)(F)F)CCCCC1. The third kappa shape index (κ3) is 6.74. The Labute approximate surface area is 151 Å². The van der Waals surface area contributed by atoms with Crippen molar-refractivity contribution in [1.29, 1.82) is 0 Å². The number of rotatable bonds is 6. The van der Waals surface area contributed by atoms with Crippen LogP contribution in [0.5, 0.6) is 5.75 Å². The first kappa shape index (κ1) is 21.6. The molecule has 25 heavy (non-hydrogen) atoms. The number of halogens is 4. The zero-order valence-electron chi connectivity index (χ0n) is 13.9. The highest BCUT2D eigenvalue weighted by molar-refractivity contribution is 5.92. The van der Waals surface area contributed by atoms with Gasteiger partial charge in [-0.3, -0.25) is 4.79 Å². The molecule has 1 aromatic carbocycles. The molecule has 2 rings (SSSR count). The monoisotopic (exact) mass is 380 g/mol. The highest BCUT2D eigenvalue weighted by atomic mass is 35.5. The van der Waals surface area contributed by atoms with E-state index in [9.17, 15) is 18.0 Å². The molecule has 0 aliphatic heterocycles. The van der Waals surface area contributed by atoms with Gasteiger partial charge in [0.15, 0.2) is 6.61 Å². The second-order valence-electron chi connectivity index (χ2n) is 6.39. The summed E-state index contributed by atoms with van der Waals surface area (Å²) in [5.74, 6) is -0.237. The van der Waals surface area contributed by atoms with Gasteiger partial charge in [-0.15, -0.1) is 12.4 Å². The predicted molar refractivity (Wildman–Crippen MR) is 93.1 cm³/mol. The molecule has 0 radical (unpaired) electrons. The van der Waals surface area contributed by atoms with Gasteiger partial charge in [0.25, 0.3) is 0 Å². The van der Waals surface area contributed by atoms with E-state index >= 15 is 0 Å². The average molecular weight is 381 g/mol. The maximum absolute atomic E-state index is 12.4. The minimum Gasteiger partial charge on any atom is -0.482 e. The van der Waals surface area contributed by atoms with Crippen molar-refractivity contribution < 1.29 is 22.7 Å². The third-order valence-corrected chi connectivity index (χ3v) is 4.44. The average Bonchev–Trinajstić information content (AvgIpc) is 2.54. The molecule has 0 spiro atoms. The number of nitrogens with one attached hydrogen (secondary N) is 1. The number of hydrogen-bond donors (Lipinski definition) is 2. The molecule has 0 bridgehead atoms. The number of amides is 1. The number of carbonyl (C=O) groups is 1. The van der Waals surface area contributed by atoms with E-state index in [1.54, 1.807) is 12.1 Å². The summed E-state index contributed by atoms with van der Waals surface area (Å²) >= 11 is 0. The molecular weight excluding hydrogens is 357 g/mol. The molecule has 1 aromatic rings. The number of nitrogens with two attached hydrogens (primary N) is 1. The normalized spacial score (nSPS) is 16.6. The van der Waals surface area contributed by atoms with Gasteiger partial charge in [0.05, 0.1) is 5.69 Å². The van der Waals surface area contributed by atoms with Gasteiger partial charge in [0.1, 0.15) is 5.75 Å². The highest BCUT2D eigenvalue weighted by Gasteiger charge is 2.33. The Kier molecular flexibility index (Phi) is 8.02. The number of hydrogen-bond acceptors (Lipinski definition) is 3. The number of benzene rings is 1. The van der Waals surface area contributed by atoms with E-state index in [0.29, 0.717) is 6.54 Å². The first-order valence-electron chi connectivity index (χ1n) is 8.12. The number of alkyl halides is 3. The van der Waals surface area contributed by atoms with Gasteiger partial charge in [0, 0.05) is 6.42 Å². The summed E-state index contributed by atoms with van der Waals surface area (Å²) in [4.78, 5) is 12.4. The fourth-order valence-electron chi connectivity index (χ4n) is 3.15. The Morgan fingerprint density at radius 1 is 1.20 bits per heavy atom. The van der Waals surface area contributed by atoms with Crippen LogP contribution in [-0.2, 0) is 4.79 Å². The Morgan fingerprint density at radius 3 is 2.44 bits per heavy atom. The van der Waals surface area contributed by atoms with E-state index < -0.39 is 12.8 Å². The number of anilines is 1. The molecule has 0 heterocycles. The molecule has 1 amide bonds. The molecule has 142 valence electrons. The Bertz CT molecular complexity index is 561. The molecule has 1 aliphatic carbocycles. The summed E-state index contributed by atoms with van der Waals surface area (Å²) in [6.07, 6.45) is 0.912. The van der Waals surface area contributed by atoms with Crippen LogP contribution in [0.15, 0.2) is 24.3 Å². The van der Waals surface area contributed by atoms with Crippen LogP contribution in [0.1, 0.15) is 38.5 Å². The Hall–Kier alpha value is -1.47. The van der Waals surface area contributed by atoms with Crippen LogP contribution in [-0.4, -0.2) is 25.2 Å². The molecule has 3 N–H and O–H groups in total. The fraction of sp³-hybridized carbons (Fsp3) is 0.588. The minimum atomic E-state index is -4.43. The van der Waals surface area contributed by atoms with Crippen molar-refractivity contribution in [2.75, 3.05) is 18.5 Å². The zero-order chi connectivity index (χ0) is 17.6. The molecule has 8 heteroatoms. The van der Waals surface area contributed by atoms with E-state index in [2.05, 4.69) is 5.32 Å². The molecular formula is C17H24ClF3N2O2. The van der Waals surface area contributed by atoms with Crippen LogP contribution < -0.4 is 15.8 Å². The van der Waals surface area contributed by atoms with E-state index in [4.69, 9.17) is 10.5 Å². The van der Waals surface area contributed by atoms with Crippen LogP contribution in [0.2, 0.25) is 0 Å². The van der Waals surface area contributed by atoms with Crippen molar-refractivity contribution in [2.24, 2.45) is 11.1 Å². The van der Waals surface area contributed by atoms with Gasteiger partial charge >= 0.3 is 6.18 Å². The first-order valence-corrected chi connectivity index (χ1v) is 8.12. The smallest absolute Gasteiger partial charge is 0.422 e. The summed E-state index contributed by atoms with van der Waals surface area (Å²) in [5.41, 5.74) is 5.92. The van der Waals surface area contributed by atoms with Crippen molar-refractivity contribution in [3.8, 4) is 5.75 Å². The molecule has 4 nitrogen and oxygen atoms in total. The van der Waals surface area contributed by atoms with Crippen molar-refractivity contribution in [3.05, 3.63) is 24.3 Å². The molecule has 0 saturated heterocycles. The second kappa shape index (κ2) is 9.29. The van der Waals surface area contributed by atoms with Crippen LogP contribution in [0, 0.1) is 5.41 Å². The molecule has 0 aromatic heterocycles. The van der Waals surface area contributed by atoms with E-state index in [1.165, 1.54) is 12.1 Å². The van der Waals surface area contributed by atoms with Crippen molar-refractivity contribution >= 4 is 24.0 Å². The molecule has 1 saturated carbocycles. The lowest BCUT2D eigenvalue weighted by molar-refractivity contribution is -0.153. The van der Waals surface area contributed by atoms with Crippen LogP contribution >= 0.6 is 12.4 Å². The fourth-order valence-corrected chi connectivity index (χ4v) is 3.15. The molecule has 1 fully saturated rings. The number of carbonyl (C=O) groups excluding carboxylic acids is 1. The molecule has 1 aliphatic rings. The summed E-state index contributed by atoms with van der Waals surface area (Å²) < 4.78 is 41.7. The Morgan fingerprint density at radius 2 is 1.84 bits per heavy atom. The molecule has 0 atom stereocenters. The van der Waals surface area contributed by atoms with Gasteiger partial charge in [-0.25, -0.2) is 0 Å². The molecule has 0 unspecified atom stereocenters. The Balaban J connectivity index is 0.00000312. The standard InChI is InChI=1S/C17H23F3N2O2.ClH/c18-17(19,20)12-24-14-7-3-2-6-13(14)22-15(23)10-16(11-21)8-4-1-5-9-16;/h2-3,6-7H,1,4-5,8-12,21H2,(H,22,23);1H. The minimum absolute atomic E-state index is 0. The van der Waals surface area contributed by atoms with Crippen molar-refractivity contribution in [1.82, 2.24) is 0 Å². The topological polar surface area (TPSA) is 64.4 Å². The van der Waals surface area contributed by atoms with Crippen LogP contribution in [0.4, 0.5) is 18.9 Å². The predicted octanol–water partition coefficient (Wildman–Crippen LogP) is 4.29. The maximum atomic E-state index is 12.4. The van der Waals surface area contributed by atoms with E-state index in [1.807, 2.05) is 0 Å². The van der Waals surface area contributed by atoms with Gasteiger partial charge in [-0.05, 0) is 36.9 Å². The van der Waals surface area contributed by atoms with Crippen molar-refractivity contribution in [3.63, 3.8) is 0 Å². The summed E-state index contributed by atoms with van der Waals surface area (Å²) in [6, 6.07) is 6.12. The van der Waals surface area contributed by atoms with Gasteiger partial charge < -0.3 is 15.8 Å². The quantitative estimate of drug-likeness (QED) is 0.773. The number of para-hydroxylation sites is 2. The lowest BCUT2D eigenvalue weighted by atomic mass is 9.71. The van der Waals surface area contributed by atoms with Gasteiger partial charge in [0.2, 0.25) is 5.91 Å². The number of ether oxygens (including phenoxy) is 1. The van der Waals surface area contributed by atoms with Crippen molar-refractivity contribution in [2.45, 2.75) is 44.7 Å². The van der Waals surface area contributed by atoms with Gasteiger partial charge in [-0.2, -0.15) is 13.2 Å². The van der Waals surface area contributed by atoms with Gasteiger partial charge in [-0.1, -0.05) is 31.4 Å². The van der Waals surface area contributed by atoms with E-state index in [0.717, 1.165) is 32.1 Å². The summed E-state index contributed by atoms with van der Waals surface area (Å²) in [6.45, 7) is -0.959. The van der Waals surface area contributed by atoms with Crippen LogP contribution in [0.25, 0.3) is 0 Å². The van der Waals surface area contributed by atoms with Crippen LogP contribution in [0.3, 0.4) is 0 Å². The van der Waals surface area contributed by atoms with E-state index in [-0.39, 0.29) is 41.6 Å². The zero-order valence-corrected chi connectivity index (χ0v) is 14.7. The summed E-state index contributed by atoms with van der Waals surface area (Å²) in [5, 5.41) is 2.67. The maximum Gasteiger partial charge on any atom is 0.422 e. The second-order valence-corrected chi connectivity index (χ2v) is 6.39. The summed E-state index contributed by atoms with van der Waals surface area (Å²) in [7, 11) is 0. The lowest BCUT2D eigenvalue weighted by Gasteiger charge is -2.35. The highest BCUT2D eigenvalue weighted by Crippen LogP contribution is 2.39. The third-order valence-electron chi connectivity index (χ3n) is 4.44. The largest absolute Gasteiger partial charge is 0.482 e. The lowest BCUT2D eigenvalue weighted by Crippen LogP contribution is -2.36. The first-order chi connectivity index (χ1) is 11.3.